The molecule has 2 aromatic carbocycles. The monoisotopic (exact) mass is 443 g/mol. The van der Waals surface area contributed by atoms with Crippen LogP contribution in [-0.4, -0.2) is 60.9 Å². The van der Waals surface area contributed by atoms with Crippen molar-refractivity contribution >= 4 is 18.7 Å². The molecule has 2 unspecified atom stereocenters. The third kappa shape index (κ3) is 4.39. The van der Waals surface area contributed by atoms with Crippen LogP contribution in [0, 0.1) is 0 Å². The fraction of sp³-hybridized carbons (Fsp3) is 0.455. The third-order valence-electron chi connectivity index (χ3n) is 5.74. The van der Waals surface area contributed by atoms with Gasteiger partial charge in [-0.15, -0.1) is 0 Å². The number of nitrogens with zero attached hydrogens (tertiary/aromatic N) is 3. The van der Waals surface area contributed by atoms with Crippen LogP contribution in [0.3, 0.4) is 0 Å². The van der Waals surface area contributed by atoms with Crippen LogP contribution in [-0.2, 0) is 9.16 Å². The zero-order chi connectivity index (χ0) is 22.6. The first-order valence-corrected chi connectivity index (χ1v) is 12.1. The Morgan fingerprint density at radius 3 is 1.94 bits per heavy atom. The van der Waals surface area contributed by atoms with Gasteiger partial charge in [-0.25, -0.2) is 0 Å². The van der Waals surface area contributed by atoms with Gasteiger partial charge in [-0.1, -0.05) is 86.5 Å². The van der Waals surface area contributed by atoms with Crippen molar-refractivity contribution in [2.75, 3.05) is 6.61 Å². The van der Waals surface area contributed by atoms with Crippen LogP contribution in [0.5, 0.6) is 0 Å². The summed E-state index contributed by atoms with van der Waals surface area (Å²) in [5.74, 6) is 0. The van der Waals surface area contributed by atoms with Gasteiger partial charge in [0.2, 0.25) is 0 Å². The highest BCUT2D eigenvalue weighted by Gasteiger charge is 2.55. The smallest absolute Gasteiger partial charge is 0.264 e. The first kappa shape index (κ1) is 23.4. The van der Waals surface area contributed by atoms with Gasteiger partial charge in [-0.05, 0) is 20.9 Å². The van der Waals surface area contributed by atoms with E-state index < -0.39 is 45.6 Å². The lowest BCUT2D eigenvalue weighted by molar-refractivity contribution is -0.242. The number of hydrogen-bond acceptors (Lipinski definition) is 6. The fourth-order valence-corrected chi connectivity index (χ4v) is 8.77. The van der Waals surface area contributed by atoms with Crippen LogP contribution in [0.25, 0.3) is 10.4 Å². The molecule has 1 fully saturated rings. The molecule has 1 heterocycles. The van der Waals surface area contributed by atoms with Crippen molar-refractivity contribution in [2.45, 2.75) is 56.5 Å². The molecule has 0 bridgehead atoms. The predicted molar refractivity (Wildman–Crippen MR) is 119 cm³/mol. The Labute approximate surface area is 182 Å². The van der Waals surface area contributed by atoms with Crippen molar-refractivity contribution in [1.82, 2.24) is 0 Å². The lowest BCUT2D eigenvalue weighted by Crippen LogP contribution is -2.70. The molecule has 3 rings (SSSR count). The van der Waals surface area contributed by atoms with E-state index in [4.69, 9.17) is 14.7 Å². The first-order valence-electron chi connectivity index (χ1n) is 10.2. The van der Waals surface area contributed by atoms with Gasteiger partial charge in [0.15, 0.2) is 6.29 Å². The molecule has 3 N–H and O–H groups in total. The van der Waals surface area contributed by atoms with Gasteiger partial charge in [0.05, 0.1) is 12.7 Å². The topological polar surface area (TPSA) is 128 Å². The number of rotatable bonds is 6. The molecule has 8 nitrogen and oxygen atoms in total. The summed E-state index contributed by atoms with van der Waals surface area (Å²) in [6, 6.07) is 18.5. The summed E-state index contributed by atoms with van der Waals surface area (Å²) in [6.45, 7) is 5.74. The number of aliphatic hydroxyl groups excluding tert-OH is 3. The molecular weight excluding hydrogens is 414 g/mol. The molecule has 0 aromatic heterocycles. The molecule has 0 aliphatic carbocycles. The summed E-state index contributed by atoms with van der Waals surface area (Å²) >= 11 is 0. The molecule has 5 atom stereocenters. The Bertz CT molecular complexity index is 863. The molecule has 0 amide bonds. The molecule has 0 radical (unpaired) electrons. The Morgan fingerprint density at radius 1 is 1.00 bits per heavy atom. The van der Waals surface area contributed by atoms with E-state index in [0.717, 1.165) is 10.4 Å². The van der Waals surface area contributed by atoms with E-state index >= 15 is 0 Å². The van der Waals surface area contributed by atoms with E-state index in [1.807, 2.05) is 60.7 Å². The average molecular weight is 444 g/mol. The summed E-state index contributed by atoms with van der Waals surface area (Å²) < 4.78 is 12.7. The Kier molecular flexibility index (Phi) is 7.18. The van der Waals surface area contributed by atoms with E-state index in [1.54, 1.807) is 0 Å². The largest absolute Gasteiger partial charge is 0.394 e. The zero-order valence-electron chi connectivity index (χ0n) is 17.9. The van der Waals surface area contributed by atoms with Crippen LogP contribution in [0.1, 0.15) is 20.8 Å². The minimum atomic E-state index is -3.08. The average Bonchev–Trinajstić information content (AvgIpc) is 2.77. The van der Waals surface area contributed by atoms with Crippen LogP contribution in [0.2, 0.25) is 5.04 Å². The quantitative estimate of drug-likeness (QED) is 0.271. The molecule has 0 saturated carbocycles. The van der Waals surface area contributed by atoms with Crippen LogP contribution < -0.4 is 10.4 Å². The van der Waals surface area contributed by atoms with Gasteiger partial charge < -0.3 is 24.5 Å². The summed E-state index contributed by atoms with van der Waals surface area (Å²) in [5.41, 5.74) is 9.07. The minimum Gasteiger partial charge on any atom is -0.394 e. The van der Waals surface area contributed by atoms with Crippen molar-refractivity contribution < 1.29 is 24.5 Å². The molecular formula is C22H29N3O5Si. The zero-order valence-corrected chi connectivity index (χ0v) is 18.9. The first-order chi connectivity index (χ1) is 14.8. The molecule has 1 aliphatic heterocycles. The van der Waals surface area contributed by atoms with Crippen LogP contribution in [0.15, 0.2) is 65.8 Å². The van der Waals surface area contributed by atoms with Crippen molar-refractivity contribution in [3.8, 4) is 0 Å². The maximum atomic E-state index is 10.6. The van der Waals surface area contributed by atoms with Crippen molar-refractivity contribution in [2.24, 2.45) is 5.11 Å². The van der Waals surface area contributed by atoms with Gasteiger partial charge in [0.25, 0.3) is 8.32 Å². The Balaban J connectivity index is 2.19. The second kappa shape index (κ2) is 9.50. The van der Waals surface area contributed by atoms with Crippen LogP contribution >= 0.6 is 0 Å². The van der Waals surface area contributed by atoms with Gasteiger partial charge in [0.1, 0.15) is 18.2 Å². The van der Waals surface area contributed by atoms with E-state index in [9.17, 15) is 15.3 Å². The second-order valence-corrected chi connectivity index (χ2v) is 12.9. The highest BCUT2D eigenvalue weighted by molar-refractivity contribution is 6.99. The Morgan fingerprint density at radius 2 is 1.52 bits per heavy atom. The van der Waals surface area contributed by atoms with Crippen molar-refractivity contribution in [1.29, 1.82) is 0 Å². The molecule has 1 aliphatic rings. The normalized spacial score (nSPS) is 26.8. The molecule has 2 aromatic rings. The highest BCUT2D eigenvalue weighted by Crippen LogP contribution is 2.39. The second-order valence-electron chi connectivity index (χ2n) is 8.68. The van der Waals surface area contributed by atoms with E-state index in [2.05, 4.69) is 30.8 Å². The summed E-state index contributed by atoms with van der Waals surface area (Å²) in [5, 5.41) is 35.8. The molecule has 166 valence electrons. The SMILES string of the molecule is CC(C)(C)[Si](O[C@@H]1OC(CO)[C@@H](O)[C@H](O)C1N=[N+]=[N-])(c1ccccc1)c1ccccc1. The number of ether oxygens (including phenoxy) is 1. The molecule has 9 heteroatoms. The maximum absolute atomic E-state index is 10.6. The minimum absolute atomic E-state index is 0.379. The number of hydrogen-bond donors (Lipinski definition) is 3. The molecule has 0 spiro atoms. The van der Waals surface area contributed by atoms with Gasteiger partial charge in [-0.3, -0.25) is 0 Å². The van der Waals surface area contributed by atoms with E-state index in [-0.39, 0.29) is 5.04 Å². The van der Waals surface area contributed by atoms with Gasteiger partial charge >= 0.3 is 0 Å². The standard InChI is InChI=1S/C22H29N3O5Si/c1-22(2,3)31(15-10-6-4-7-11-15,16-12-8-5-9-13-16)30-21-18(24-25-23)20(28)19(27)17(14-26)29-21/h4-13,17-21,26-28H,14H2,1-3H3/t17?,18?,19-,20-,21+/m1/s1. The summed E-state index contributed by atoms with van der Waals surface area (Å²) in [4.78, 5) is 2.83. The third-order valence-corrected chi connectivity index (χ3v) is 10.7. The number of aliphatic hydroxyl groups is 3. The van der Waals surface area contributed by atoms with Crippen LogP contribution in [0.4, 0.5) is 0 Å². The van der Waals surface area contributed by atoms with Crippen molar-refractivity contribution in [3.63, 3.8) is 0 Å². The lowest BCUT2D eigenvalue weighted by atomic mass is 9.98. The summed E-state index contributed by atoms with van der Waals surface area (Å²) in [6.07, 6.45) is -5.06. The van der Waals surface area contributed by atoms with E-state index in [1.165, 1.54) is 0 Å². The predicted octanol–water partition coefficient (Wildman–Crippen LogP) is 1.68. The maximum Gasteiger partial charge on any atom is 0.264 e. The Hall–Kier alpha value is -2.23. The summed E-state index contributed by atoms with van der Waals surface area (Å²) in [7, 11) is -3.08. The van der Waals surface area contributed by atoms with Gasteiger partial charge in [0, 0.05) is 4.91 Å². The number of azide groups is 1. The fourth-order valence-electron chi connectivity index (χ4n) is 4.21. The lowest BCUT2D eigenvalue weighted by Gasteiger charge is -2.48. The van der Waals surface area contributed by atoms with E-state index in [0.29, 0.717) is 0 Å². The van der Waals surface area contributed by atoms with Crippen molar-refractivity contribution in [3.05, 3.63) is 71.1 Å². The molecule has 31 heavy (non-hydrogen) atoms. The highest BCUT2D eigenvalue weighted by atomic mass is 28.4. The molecule has 1 saturated heterocycles. The van der Waals surface area contributed by atoms with Gasteiger partial charge in [-0.2, -0.15) is 0 Å². The number of benzene rings is 2.